The van der Waals surface area contributed by atoms with Gasteiger partial charge in [0.1, 0.15) is 18.1 Å². The number of hydrogen-bond donors (Lipinski definition) is 2. The number of nitrogens with zero attached hydrogens (tertiary/aromatic N) is 6. The first-order valence-electron chi connectivity index (χ1n) is 9.79. The Morgan fingerprint density at radius 3 is 2.77 bits per heavy atom. The lowest BCUT2D eigenvalue weighted by Crippen LogP contribution is -2.56. The molecule has 0 saturated carbocycles. The summed E-state index contributed by atoms with van der Waals surface area (Å²) in [6.45, 7) is 0. The predicted octanol–water partition coefficient (Wildman–Crippen LogP) is 2.05. The van der Waals surface area contributed by atoms with Crippen molar-refractivity contribution in [1.29, 1.82) is 0 Å². The van der Waals surface area contributed by atoms with Crippen molar-refractivity contribution in [1.82, 2.24) is 30.0 Å². The molecule has 5 atom stereocenters. The number of hydrogen-bond acceptors (Lipinski definition) is 7. The molecule has 2 fully saturated rings. The third-order valence-electron chi connectivity index (χ3n) is 6.02. The third kappa shape index (κ3) is 3.17. The quantitative estimate of drug-likeness (QED) is 0.676. The van der Waals surface area contributed by atoms with E-state index >= 15 is 0 Å². The zero-order valence-electron chi connectivity index (χ0n) is 16.2. The van der Waals surface area contributed by atoms with Crippen molar-refractivity contribution in [2.24, 2.45) is 0 Å². The van der Waals surface area contributed by atoms with Crippen LogP contribution in [0.3, 0.4) is 0 Å². The fourth-order valence-corrected chi connectivity index (χ4v) is 4.33. The summed E-state index contributed by atoms with van der Waals surface area (Å²) < 4.78 is 30.6. The number of piperidine rings is 1. The Morgan fingerprint density at radius 2 is 2.07 bits per heavy atom. The Hall–Kier alpha value is -3.14. The summed E-state index contributed by atoms with van der Waals surface area (Å²) in [5.41, 5.74) is 1.18. The van der Waals surface area contributed by atoms with Gasteiger partial charge >= 0.3 is 0 Å². The van der Waals surface area contributed by atoms with Gasteiger partial charge in [0.05, 0.1) is 29.8 Å². The average molecular weight is 413 g/mol. The molecule has 2 aromatic heterocycles. The molecule has 2 aliphatic rings. The molecule has 8 nitrogen and oxygen atoms in total. The largest absolute Gasteiger partial charge is 0.507 e. The average Bonchev–Trinajstić information content (AvgIpc) is 3.39. The monoisotopic (exact) mass is 413 g/mol. The number of aromatic nitrogens is 5. The van der Waals surface area contributed by atoms with Gasteiger partial charge in [-0.2, -0.15) is 0 Å². The smallest absolute Gasteiger partial charge is 0.185 e. The van der Waals surface area contributed by atoms with E-state index < -0.39 is 24.4 Å². The van der Waals surface area contributed by atoms with Crippen LogP contribution in [0.1, 0.15) is 12.8 Å². The number of fused-ring (bicyclic) bond motifs is 2. The normalized spacial score (nSPS) is 27.9. The Kier molecular flexibility index (Phi) is 4.58. The van der Waals surface area contributed by atoms with Gasteiger partial charge in [0.15, 0.2) is 11.6 Å². The summed E-state index contributed by atoms with van der Waals surface area (Å²) in [5, 5.41) is 21.7. The van der Waals surface area contributed by atoms with E-state index in [0.29, 0.717) is 17.8 Å². The highest BCUT2D eigenvalue weighted by Gasteiger charge is 2.48. The molecular formula is C20H21F2N7O. The molecule has 5 rings (SSSR count). The Bertz CT molecular complexity index is 1030. The highest BCUT2D eigenvalue weighted by Crippen LogP contribution is 2.35. The van der Waals surface area contributed by atoms with Gasteiger partial charge in [-0.25, -0.2) is 18.7 Å². The minimum atomic E-state index is -1.20. The number of nitrogens with one attached hydrogen (secondary N) is 1. The molecule has 2 bridgehead atoms. The van der Waals surface area contributed by atoms with Crippen molar-refractivity contribution in [3.8, 4) is 22.8 Å². The second kappa shape index (κ2) is 7.28. The number of benzene rings is 1. The lowest BCUT2D eigenvalue weighted by molar-refractivity contribution is 0.172. The molecule has 156 valence electrons. The first-order chi connectivity index (χ1) is 14.5. The first kappa shape index (κ1) is 18.9. The molecule has 2 N–H and O–H groups in total. The molecule has 0 amide bonds. The van der Waals surface area contributed by atoms with Gasteiger partial charge < -0.3 is 19.9 Å². The molecule has 2 unspecified atom stereocenters. The van der Waals surface area contributed by atoms with Crippen LogP contribution in [0.15, 0.2) is 43.1 Å². The summed E-state index contributed by atoms with van der Waals surface area (Å²) >= 11 is 0. The van der Waals surface area contributed by atoms with Crippen LogP contribution in [0, 0.1) is 0 Å². The Labute approximate surface area is 171 Å². The van der Waals surface area contributed by atoms with Crippen molar-refractivity contribution in [2.75, 3.05) is 11.9 Å². The molecule has 2 aliphatic heterocycles. The van der Waals surface area contributed by atoms with Crippen molar-refractivity contribution < 1.29 is 13.9 Å². The maximum absolute atomic E-state index is 14.8. The number of anilines is 1. The van der Waals surface area contributed by atoms with Crippen molar-refractivity contribution >= 4 is 5.82 Å². The Morgan fingerprint density at radius 1 is 1.20 bits per heavy atom. The third-order valence-corrected chi connectivity index (χ3v) is 6.02. The Balaban J connectivity index is 1.36. The lowest BCUT2D eigenvalue weighted by Gasteiger charge is -2.38. The van der Waals surface area contributed by atoms with E-state index in [9.17, 15) is 13.9 Å². The van der Waals surface area contributed by atoms with Gasteiger partial charge in [-0.15, -0.1) is 10.2 Å². The summed E-state index contributed by atoms with van der Waals surface area (Å²) in [7, 11) is 1.72. The van der Waals surface area contributed by atoms with E-state index in [1.807, 2.05) is 6.07 Å². The molecule has 0 radical (unpaired) electrons. The van der Waals surface area contributed by atoms with Gasteiger partial charge in [-0.1, -0.05) is 0 Å². The zero-order valence-corrected chi connectivity index (χ0v) is 16.2. The molecule has 10 heteroatoms. The van der Waals surface area contributed by atoms with E-state index in [2.05, 4.69) is 25.5 Å². The van der Waals surface area contributed by atoms with E-state index in [1.165, 1.54) is 6.20 Å². The molecule has 1 aromatic carbocycles. The standard InChI is InChI=1S/C20H21F2N7O/c1-28(16-8-14-13(21)7-15(25-14)19(16)22)18-9-24-20(27-26-18)12-3-2-11(6-17(12)30)29-5-4-23-10-29/h2-6,9-10,13-16,19,25,30H,7-8H2,1H3/t13-,14?,15?,16+,19+/m0/s1. The van der Waals surface area contributed by atoms with Gasteiger partial charge in [0.2, 0.25) is 0 Å². The molecule has 3 aromatic rings. The highest BCUT2D eigenvalue weighted by atomic mass is 19.1. The summed E-state index contributed by atoms with van der Waals surface area (Å²) in [6, 6.07) is 3.80. The number of phenols is 1. The predicted molar refractivity (Wildman–Crippen MR) is 106 cm³/mol. The molecule has 0 spiro atoms. The molecule has 2 saturated heterocycles. The number of alkyl halides is 2. The van der Waals surface area contributed by atoms with Crippen LogP contribution < -0.4 is 10.2 Å². The van der Waals surface area contributed by atoms with E-state index in [0.717, 1.165) is 5.69 Å². The van der Waals surface area contributed by atoms with Crippen LogP contribution in [-0.4, -0.2) is 67.4 Å². The molecule has 0 aliphatic carbocycles. The van der Waals surface area contributed by atoms with E-state index in [1.54, 1.807) is 47.4 Å². The number of phenolic OH excluding ortho intramolecular Hbond substituents is 1. The fraction of sp³-hybridized carbons (Fsp3) is 0.400. The number of halogens is 2. The van der Waals surface area contributed by atoms with Crippen molar-refractivity contribution in [3.63, 3.8) is 0 Å². The van der Waals surface area contributed by atoms with Crippen LogP contribution in [0.2, 0.25) is 0 Å². The van der Waals surface area contributed by atoms with Crippen LogP contribution in [0.5, 0.6) is 5.75 Å². The number of aromatic hydroxyl groups is 1. The molecular weight excluding hydrogens is 392 g/mol. The van der Waals surface area contributed by atoms with Crippen molar-refractivity contribution in [2.45, 2.75) is 43.3 Å². The maximum atomic E-state index is 14.8. The highest BCUT2D eigenvalue weighted by molar-refractivity contribution is 5.66. The minimum absolute atomic E-state index is 0.0110. The van der Waals surface area contributed by atoms with Crippen LogP contribution in [0.4, 0.5) is 14.6 Å². The molecule has 4 heterocycles. The summed E-state index contributed by atoms with van der Waals surface area (Å²) in [4.78, 5) is 9.97. The van der Waals surface area contributed by atoms with Gasteiger partial charge in [0, 0.05) is 37.6 Å². The number of imidazole rings is 1. The second-order valence-electron chi connectivity index (χ2n) is 7.80. The fourth-order valence-electron chi connectivity index (χ4n) is 4.33. The lowest BCUT2D eigenvalue weighted by atomic mass is 9.96. The van der Waals surface area contributed by atoms with Gasteiger partial charge in [0.25, 0.3) is 0 Å². The van der Waals surface area contributed by atoms with Crippen LogP contribution in [0.25, 0.3) is 17.1 Å². The maximum Gasteiger partial charge on any atom is 0.185 e. The topological polar surface area (TPSA) is 92.0 Å². The first-order valence-corrected chi connectivity index (χ1v) is 9.79. The van der Waals surface area contributed by atoms with Crippen molar-refractivity contribution in [3.05, 3.63) is 43.1 Å². The summed E-state index contributed by atoms with van der Waals surface area (Å²) in [5.74, 6) is 0.669. The van der Waals surface area contributed by atoms with E-state index in [-0.39, 0.29) is 24.0 Å². The second-order valence-corrected chi connectivity index (χ2v) is 7.80. The van der Waals surface area contributed by atoms with E-state index in [4.69, 9.17) is 0 Å². The number of rotatable bonds is 4. The summed E-state index contributed by atoms with van der Waals surface area (Å²) in [6.07, 6.45) is 4.88. The zero-order chi connectivity index (χ0) is 20.8. The van der Waals surface area contributed by atoms with Gasteiger partial charge in [-0.05, 0) is 25.0 Å². The van der Waals surface area contributed by atoms with Crippen LogP contribution >= 0.6 is 0 Å². The minimum Gasteiger partial charge on any atom is -0.507 e. The van der Waals surface area contributed by atoms with Gasteiger partial charge in [-0.3, -0.25) is 0 Å². The van der Waals surface area contributed by atoms with Crippen LogP contribution in [-0.2, 0) is 0 Å². The molecule has 30 heavy (non-hydrogen) atoms. The SMILES string of the molecule is CN(c1cnc(-c2ccc(-n3ccnc3)cc2O)nn1)[C@@H]1CC2NC(C[C@@H]2F)[C@H]1F.